The Labute approximate surface area is 80.3 Å². The van der Waals surface area contributed by atoms with E-state index in [1.807, 2.05) is 0 Å². The molecule has 0 aromatic rings. The highest BCUT2D eigenvalue weighted by Crippen LogP contribution is 2.15. The fourth-order valence-electron chi connectivity index (χ4n) is 1.27. The summed E-state index contributed by atoms with van der Waals surface area (Å²) in [6.07, 6.45) is 12.9. The molecule has 0 amide bonds. The summed E-state index contributed by atoms with van der Waals surface area (Å²) in [7, 11) is 1.68. The van der Waals surface area contributed by atoms with Crippen molar-refractivity contribution in [2.24, 2.45) is 0 Å². The molecule has 0 spiro atoms. The first-order chi connectivity index (χ1) is 5.91. The summed E-state index contributed by atoms with van der Waals surface area (Å²) in [5.74, 6) is 0. The van der Waals surface area contributed by atoms with Gasteiger partial charge in [-0.2, -0.15) is 0 Å². The molecule has 0 rings (SSSR count). The molecule has 0 nitrogen and oxygen atoms in total. The van der Waals surface area contributed by atoms with Crippen LogP contribution in [0.5, 0.6) is 0 Å². The number of rotatable bonds is 9. The minimum Gasteiger partial charge on any atom is -0.0810 e. The average molecular weight is 187 g/mol. The Hall–Kier alpha value is 0.430. The standard InChI is InChI=1S/C11H24P/c1-3-5-6-7-8-9-11-12-10-4-2/h3-11H2,1-2H3. The molecule has 0 aromatic heterocycles. The quantitative estimate of drug-likeness (QED) is 0.362. The van der Waals surface area contributed by atoms with Crippen molar-refractivity contribution in [3.63, 3.8) is 0 Å². The van der Waals surface area contributed by atoms with Crippen molar-refractivity contribution in [1.29, 1.82) is 0 Å². The van der Waals surface area contributed by atoms with Crippen molar-refractivity contribution in [2.75, 3.05) is 12.3 Å². The van der Waals surface area contributed by atoms with Gasteiger partial charge in [-0.1, -0.05) is 61.0 Å². The molecular formula is C11H24P. The van der Waals surface area contributed by atoms with Crippen LogP contribution in [0.25, 0.3) is 0 Å². The van der Waals surface area contributed by atoms with Crippen LogP contribution in [-0.2, 0) is 0 Å². The predicted octanol–water partition coefficient (Wildman–Crippen LogP) is 4.70. The fourth-order valence-corrected chi connectivity index (χ4v) is 2.26. The van der Waals surface area contributed by atoms with E-state index < -0.39 is 0 Å². The van der Waals surface area contributed by atoms with Crippen LogP contribution >= 0.6 is 8.58 Å². The van der Waals surface area contributed by atoms with E-state index >= 15 is 0 Å². The van der Waals surface area contributed by atoms with E-state index in [1.165, 1.54) is 57.3 Å². The second-order valence-corrected chi connectivity index (χ2v) is 4.78. The van der Waals surface area contributed by atoms with Crippen molar-refractivity contribution in [3.05, 3.63) is 0 Å². The summed E-state index contributed by atoms with van der Waals surface area (Å²) in [5.41, 5.74) is 0. The molecule has 0 atom stereocenters. The van der Waals surface area contributed by atoms with Crippen molar-refractivity contribution in [3.8, 4) is 0 Å². The predicted molar refractivity (Wildman–Crippen MR) is 60.3 cm³/mol. The first-order valence-electron chi connectivity index (χ1n) is 5.55. The highest BCUT2D eigenvalue weighted by Gasteiger charge is 1.90. The van der Waals surface area contributed by atoms with Gasteiger partial charge in [-0.15, -0.1) is 0 Å². The first kappa shape index (κ1) is 12.4. The molecule has 0 bridgehead atoms. The van der Waals surface area contributed by atoms with Gasteiger partial charge in [-0.25, -0.2) is 0 Å². The van der Waals surface area contributed by atoms with E-state index in [1.54, 1.807) is 8.58 Å². The van der Waals surface area contributed by atoms with Gasteiger partial charge in [0.2, 0.25) is 0 Å². The monoisotopic (exact) mass is 187 g/mol. The van der Waals surface area contributed by atoms with Gasteiger partial charge >= 0.3 is 0 Å². The summed E-state index contributed by atoms with van der Waals surface area (Å²) in [6.45, 7) is 4.55. The molecule has 0 saturated carbocycles. The molecule has 1 radical (unpaired) electrons. The topological polar surface area (TPSA) is 0 Å². The maximum atomic E-state index is 2.28. The Balaban J connectivity index is 2.73. The van der Waals surface area contributed by atoms with Crippen LogP contribution in [0.15, 0.2) is 0 Å². The molecule has 12 heavy (non-hydrogen) atoms. The van der Waals surface area contributed by atoms with E-state index in [-0.39, 0.29) is 0 Å². The Morgan fingerprint density at radius 2 is 1.33 bits per heavy atom. The van der Waals surface area contributed by atoms with Crippen LogP contribution < -0.4 is 0 Å². The van der Waals surface area contributed by atoms with Crippen LogP contribution in [0.4, 0.5) is 0 Å². The lowest BCUT2D eigenvalue weighted by Crippen LogP contribution is -1.82. The molecule has 0 saturated heterocycles. The summed E-state index contributed by atoms with van der Waals surface area (Å²) in [6, 6.07) is 0. The summed E-state index contributed by atoms with van der Waals surface area (Å²) >= 11 is 0. The van der Waals surface area contributed by atoms with Gasteiger partial charge in [0.05, 0.1) is 0 Å². The molecule has 73 valence electrons. The maximum Gasteiger partial charge on any atom is -0.0287 e. The Morgan fingerprint density at radius 1 is 0.667 bits per heavy atom. The van der Waals surface area contributed by atoms with Crippen molar-refractivity contribution in [2.45, 2.75) is 58.8 Å². The van der Waals surface area contributed by atoms with Crippen LogP contribution in [0, 0.1) is 0 Å². The molecule has 0 N–H and O–H groups in total. The fraction of sp³-hybridized carbons (Fsp3) is 1.00. The average Bonchev–Trinajstić information content (AvgIpc) is 2.10. The van der Waals surface area contributed by atoms with Crippen molar-refractivity contribution >= 4 is 8.58 Å². The second kappa shape index (κ2) is 11.4. The zero-order chi connectivity index (χ0) is 9.07. The number of unbranched alkanes of at least 4 members (excludes halogenated alkanes) is 5. The number of hydrogen-bond acceptors (Lipinski definition) is 0. The summed E-state index contributed by atoms with van der Waals surface area (Å²) in [5, 5.41) is 0. The SMILES string of the molecule is CCCCCCCC[P]CCC. The summed E-state index contributed by atoms with van der Waals surface area (Å²) < 4.78 is 0. The first-order valence-corrected chi connectivity index (χ1v) is 6.81. The second-order valence-electron chi connectivity index (χ2n) is 3.44. The summed E-state index contributed by atoms with van der Waals surface area (Å²) in [4.78, 5) is 0. The molecule has 0 aliphatic heterocycles. The minimum atomic E-state index is 1.36. The van der Waals surface area contributed by atoms with Gasteiger partial charge in [0.1, 0.15) is 0 Å². The van der Waals surface area contributed by atoms with Gasteiger partial charge in [0.25, 0.3) is 0 Å². The maximum absolute atomic E-state index is 2.28. The number of hydrogen-bond donors (Lipinski definition) is 0. The Kier molecular flexibility index (Phi) is 11.8. The van der Waals surface area contributed by atoms with Gasteiger partial charge in [-0.3, -0.25) is 0 Å². The molecule has 0 aromatic carbocycles. The third-order valence-corrected chi connectivity index (χ3v) is 3.45. The lowest BCUT2D eigenvalue weighted by atomic mass is 10.1. The molecule has 0 fully saturated rings. The normalized spacial score (nSPS) is 11.5. The zero-order valence-electron chi connectivity index (χ0n) is 8.81. The Bertz CT molecular complexity index is 61.4. The third kappa shape index (κ3) is 10.4. The Morgan fingerprint density at radius 3 is 2.00 bits per heavy atom. The van der Waals surface area contributed by atoms with Crippen LogP contribution in [0.2, 0.25) is 0 Å². The van der Waals surface area contributed by atoms with Crippen LogP contribution in [-0.4, -0.2) is 12.3 Å². The van der Waals surface area contributed by atoms with Gasteiger partial charge in [0, 0.05) is 0 Å². The van der Waals surface area contributed by atoms with Gasteiger partial charge in [0.15, 0.2) is 0 Å². The lowest BCUT2D eigenvalue weighted by Gasteiger charge is -1.99. The van der Waals surface area contributed by atoms with E-state index in [9.17, 15) is 0 Å². The largest absolute Gasteiger partial charge is 0.0810 e. The van der Waals surface area contributed by atoms with E-state index in [4.69, 9.17) is 0 Å². The van der Waals surface area contributed by atoms with E-state index in [0.717, 1.165) is 0 Å². The van der Waals surface area contributed by atoms with Crippen molar-refractivity contribution in [1.82, 2.24) is 0 Å². The van der Waals surface area contributed by atoms with E-state index in [0.29, 0.717) is 0 Å². The minimum absolute atomic E-state index is 1.36. The molecular weight excluding hydrogens is 163 g/mol. The highest BCUT2D eigenvalue weighted by atomic mass is 31.1. The molecule has 0 aliphatic carbocycles. The van der Waals surface area contributed by atoms with Gasteiger partial charge in [-0.05, 0) is 18.7 Å². The van der Waals surface area contributed by atoms with Crippen molar-refractivity contribution < 1.29 is 0 Å². The molecule has 0 heterocycles. The zero-order valence-corrected chi connectivity index (χ0v) is 9.71. The smallest absolute Gasteiger partial charge is 0.0287 e. The molecule has 1 heteroatoms. The molecule has 0 unspecified atom stereocenters. The highest BCUT2D eigenvalue weighted by molar-refractivity contribution is 7.37. The lowest BCUT2D eigenvalue weighted by molar-refractivity contribution is 0.626. The van der Waals surface area contributed by atoms with Crippen LogP contribution in [0.3, 0.4) is 0 Å². The van der Waals surface area contributed by atoms with E-state index in [2.05, 4.69) is 13.8 Å². The molecule has 0 aliphatic rings. The van der Waals surface area contributed by atoms with Gasteiger partial charge < -0.3 is 0 Å². The third-order valence-electron chi connectivity index (χ3n) is 2.05. The van der Waals surface area contributed by atoms with Crippen LogP contribution in [0.1, 0.15) is 58.8 Å².